The van der Waals surface area contributed by atoms with Crippen molar-refractivity contribution >= 4 is 0 Å². The van der Waals surface area contributed by atoms with Gasteiger partial charge in [-0.1, -0.05) is 6.07 Å². The minimum absolute atomic E-state index is 0.133. The molecule has 0 heterocycles. The van der Waals surface area contributed by atoms with E-state index in [1.54, 1.807) is 0 Å². The summed E-state index contributed by atoms with van der Waals surface area (Å²) in [6.07, 6.45) is 0.996. The van der Waals surface area contributed by atoms with Gasteiger partial charge in [0.2, 0.25) is 0 Å². The number of aryl methyl sites for hydroxylation is 3. The Morgan fingerprint density at radius 2 is 1.65 bits per heavy atom. The van der Waals surface area contributed by atoms with Gasteiger partial charge >= 0.3 is 0 Å². The van der Waals surface area contributed by atoms with Gasteiger partial charge in [-0.3, -0.25) is 0 Å². The van der Waals surface area contributed by atoms with Gasteiger partial charge < -0.3 is 10.1 Å². The molecule has 0 bridgehead atoms. The third kappa shape index (κ3) is 4.04. The van der Waals surface area contributed by atoms with E-state index in [1.165, 1.54) is 16.7 Å². The van der Waals surface area contributed by atoms with Crippen LogP contribution in [0.3, 0.4) is 0 Å². The molecule has 0 saturated heterocycles. The van der Waals surface area contributed by atoms with Crippen LogP contribution in [0.2, 0.25) is 0 Å². The second-order valence-corrected chi connectivity index (χ2v) is 5.43. The monoisotopic (exact) mass is 235 g/mol. The molecule has 0 aliphatic carbocycles. The molecule has 1 aromatic rings. The van der Waals surface area contributed by atoms with E-state index in [9.17, 15) is 0 Å². The summed E-state index contributed by atoms with van der Waals surface area (Å²) in [7, 11) is 1.99. The molecule has 0 amide bonds. The van der Waals surface area contributed by atoms with Crippen LogP contribution in [0.15, 0.2) is 12.1 Å². The van der Waals surface area contributed by atoms with Crippen LogP contribution in [0.4, 0.5) is 0 Å². The highest BCUT2D eigenvalue weighted by atomic mass is 16.5. The lowest BCUT2D eigenvalue weighted by Crippen LogP contribution is -2.37. The number of hydrogen-bond acceptors (Lipinski definition) is 2. The quantitative estimate of drug-likeness (QED) is 0.844. The zero-order chi connectivity index (χ0) is 13.1. The summed E-state index contributed by atoms with van der Waals surface area (Å²) in [6.45, 7) is 11.5. The van der Waals surface area contributed by atoms with E-state index in [0.717, 1.165) is 18.8 Å². The van der Waals surface area contributed by atoms with Crippen molar-refractivity contribution in [2.24, 2.45) is 0 Å². The van der Waals surface area contributed by atoms with Crippen LogP contribution >= 0.6 is 0 Å². The van der Waals surface area contributed by atoms with Crippen molar-refractivity contribution in [1.29, 1.82) is 0 Å². The maximum absolute atomic E-state index is 5.87. The highest BCUT2D eigenvalue weighted by molar-refractivity contribution is 5.40. The first-order chi connectivity index (χ1) is 7.85. The fourth-order valence-electron chi connectivity index (χ4n) is 1.63. The van der Waals surface area contributed by atoms with Gasteiger partial charge in [0, 0.05) is 5.54 Å². The minimum Gasteiger partial charge on any atom is -0.493 e. The average molecular weight is 235 g/mol. The summed E-state index contributed by atoms with van der Waals surface area (Å²) in [5, 5.41) is 3.28. The predicted molar refractivity (Wildman–Crippen MR) is 73.9 cm³/mol. The van der Waals surface area contributed by atoms with Crippen molar-refractivity contribution in [2.45, 2.75) is 46.6 Å². The smallest absolute Gasteiger partial charge is 0.122 e. The van der Waals surface area contributed by atoms with Crippen LogP contribution in [0.5, 0.6) is 5.75 Å². The molecule has 0 aliphatic rings. The predicted octanol–water partition coefficient (Wildman–Crippen LogP) is 3.38. The molecule has 2 heteroatoms. The Kier molecular flexibility index (Phi) is 4.58. The van der Waals surface area contributed by atoms with Crippen LogP contribution in [-0.2, 0) is 0 Å². The molecule has 2 nitrogen and oxygen atoms in total. The van der Waals surface area contributed by atoms with Crippen molar-refractivity contribution in [2.75, 3.05) is 13.7 Å². The van der Waals surface area contributed by atoms with Crippen molar-refractivity contribution < 1.29 is 4.74 Å². The molecule has 0 atom stereocenters. The summed E-state index contributed by atoms with van der Waals surface area (Å²) >= 11 is 0. The van der Waals surface area contributed by atoms with Crippen molar-refractivity contribution in [3.05, 3.63) is 28.8 Å². The highest BCUT2D eigenvalue weighted by Crippen LogP contribution is 2.23. The normalized spacial score (nSPS) is 11.6. The average Bonchev–Trinajstić information content (AvgIpc) is 2.25. The maximum Gasteiger partial charge on any atom is 0.122 e. The summed E-state index contributed by atoms with van der Waals surface area (Å²) in [5.41, 5.74) is 3.97. The van der Waals surface area contributed by atoms with Gasteiger partial charge in [0.25, 0.3) is 0 Å². The molecule has 0 aromatic heterocycles. The first kappa shape index (κ1) is 14.0. The molecule has 1 N–H and O–H groups in total. The molecular formula is C15H25NO. The van der Waals surface area contributed by atoms with Gasteiger partial charge in [0.1, 0.15) is 5.75 Å². The molecular weight excluding hydrogens is 210 g/mol. The molecule has 0 unspecified atom stereocenters. The molecule has 17 heavy (non-hydrogen) atoms. The molecule has 0 saturated carbocycles. The van der Waals surface area contributed by atoms with E-state index in [1.807, 2.05) is 7.05 Å². The van der Waals surface area contributed by atoms with Gasteiger partial charge in [-0.05, 0) is 70.8 Å². The van der Waals surface area contributed by atoms with Gasteiger partial charge in [0.05, 0.1) is 6.61 Å². The summed E-state index contributed by atoms with van der Waals surface area (Å²) in [4.78, 5) is 0. The summed E-state index contributed by atoms with van der Waals surface area (Å²) in [6, 6.07) is 4.32. The van der Waals surface area contributed by atoms with E-state index >= 15 is 0 Å². The Bertz CT molecular complexity index is 383. The lowest BCUT2D eigenvalue weighted by atomic mass is 10.0. The third-order valence-electron chi connectivity index (χ3n) is 3.45. The number of ether oxygens (including phenoxy) is 1. The Morgan fingerprint density at radius 3 is 2.24 bits per heavy atom. The zero-order valence-corrected chi connectivity index (χ0v) is 12.0. The second kappa shape index (κ2) is 5.54. The van der Waals surface area contributed by atoms with Crippen molar-refractivity contribution in [3.8, 4) is 5.75 Å². The minimum atomic E-state index is 0.133. The summed E-state index contributed by atoms with van der Waals surface area (Å²) in [5.74, 6) is 1.01. The zero-order valence-electron chi connectivity index (χ0n) is 12.0. The lowest BCUT2D eigenvalue weighted by molar-refractivity contribution is 0.254. The molecule has 0 fully saturated rings. The molecule has 0 radical (unpaired) electrons. The molecule has 1 aromatic carbocycles. The highest BCUT2D eigenvalue weighted by Gasteiger charge is 2.14. The van der Waals surface area contributed by atoms with Crippen molar-refractivity contribution in [1.82, 2.24) is 5.32 Å². The molecule has 0 spiro atoms. The first-order valence-corrected chi connectivity index (χ1v) is 6.25. The van der Waals surface area contributed by atoms with Crippen LogP contribution < -0.4 is 10.1 Å². The van der Waals surface area contributed by atoms with E-state index in [4.69, 9.17) is 4.74 Å². The SMILES string of the molecule is CNC(C)(C)CCOc1cc(C)c(C)cc1C. The van der Waals surface area contributed by atoms with Crippen LogP contribution in [0.25, 0.3) is 0 Å². The van der Waals surface area contributed by atoms with Crippen LogP contribution in [0, 0.1) is 20.8 Å². The topological polar surface area (TPSA) is 21.3 Å². The summed E-state index contributed by atoms with van der Waals surface area (Å²) < 4.78 is 5.87. The van der Waals surface area contributed by atoms with Gasteiger partial charge in [-0.15, -0.1) is 0 Å². The van der Waals surface area contributed by atoms with Gasteiger partial charge in [-0.25, -0.2) is 0 Å². The Balaban J connectivity index is 2.61. The molecule has 1 rings (SSSR count). The van der Waals surface area contributed by atoms with E-state index < -0.39 is 0 Å². The first-order valence-electron chi connectivity index (χ1n) is 6.25. The van der Waals surface area contributed by atoms with Crippen LogP contribution in [-0.4, -0.2) is 19.2 Å². The fourth-order valence-corrected chi connectivity index (χ4v) is 1.63. The number of benzene rings is 1. The van der Waals surface area contributed by atoms with Gasteiger partial charge in [-0.2, -0.15) is 0 Å². The Hall–Kier alpha value is -1.02. The van der Waals surface area contributed by atoms with Crippen molar-refractivity contribution in [3.63, 3.8) is 0 Å². The Morgan fingerprint density at radius 1 is 1.06 bits per heavy atom. The number of hydrogen-bond donors (Lipinski definition) is 1. The number of nitrogens with one attached hydrogen (secondary N) is 1. The second-order valence-electron chi connectivity index (χ2n) is 5.43. The molecule has 0 aliphatic heterocycles. The Labute approximate surface area is 105 Å². The van der Waals surface area contributed by atoms with E-state index in [0.29, 0.717) is 0 Å². The standard InChI is InChI=1S/C15H25NO/c1-11-9-13(3)14(10-12(11)2)17-8-7-15(4,5)16-6/h9-10,16H,7-8H2,1-6H3. The lowest BCUT2D eigenvalue weighted by Gasteiger charge is -2.24. The van der Waals surface area contributed by atoms with E-state index in [2.05, 4.69) is 52.1 Å². The maximum atomic E-state index is 5.87. The van der Waals surface area contributed by atoms with E-state index in [-0.39, 0.29) is 5.54 Å². The molecule has 96 valence electrons. The fraction of sp³-hybridized carbons (Fsp3) is 0.600. The largest absolute Gasteiger partial charge is 0.493 e. The third-order valence-corrected chi connectivity index (χ3v) is 3.45. The van der Waals surface area contributed by atoms with Crippen LogP contribution in [0.1, 0.15) is 37.0 Å². The number of rotatable bonds is 5. The van der Waals surface area contributed by atoms with Gasteiger partial charge in [0.15, 0.2) is 0 Å².